The van der Waals surface area contributed by atoms with Crippen molar-refractivity contribution >= 4 is 0 Å². The number of hydrogen-bond acceptors (Lipinski definition) is 2. The monoisotopic (exact) mass is 219 g/mol. The van der Waals surface area contributed by atoms with E-state index in [1.807, 2.05) is 0 Å². The van der Waals surface area contributed by atoms with E-state index in [2.05, 4.69) is 4.98 Å². The zero-order valence-electron chi connectivity index (χ0n) is 9.84. The molecular formula is C13H21N3. The number of imidazole rings is 1. The average Bonchev–Trinajstić information content (AvgIpc) is 2.73. The van der Waals surface area contributed by atoms with Gasteiger partial charge in [0.2, 0.25) is 0 Å². The summed E-state index contributed by atoms with van der Waals surface area (Å²) in [5.41, 5.74) is 8.92. The van der Waals surface area contributed by atoms with Crippen LogP contribution in [-0.4, -0.2) is 16.0 Å². The standard InChI is InChI=1S/C13H21N3/c14-10-6-2-1-5-9(10)13-15-11-7-3-4-8-12(11)16-13/h9-10H,1-8,14H2,(H,15,16). The molecule has 2 unspecified atom stereocenters. The first-order chi connectivity index (χ1) is 7.84. The van der Waals surface area contributed by atoms with E-state index in [0.717, 1.165) is 12.8 Å². The first-order valence-corrected chi connectivity index (χ1v) is 6.68. The number of aryl methyl sites for hydroxylation is 2. The predicted octanol–water partition coefficient (Wildman–Crippen LogP) is 2.27. The van der Waals surface area contributed by atoms with E-state index in [9.17, 15) is 0 Å². The lowest BCUT2D eigenvalue weighted by Gasteiger charge is -2.26. The fourth-order valence-corrected chi connectivity index (χ4v) is 3.15. The molecule has 0 aliphatic heterocycles. The number of fused-ring (bicyclic) bond motifs is 1. The van der Waals surface area contributed by atoms with Crippen molar-refractivity contribution in [3.63, 3.8) is 0 Å². The lowest BCUT2D eigenvalue weighted by molar-refractivity contribution is 0.374. The Balaban J connectivity index is 1.85. The maximum atomic E-state index is 6.21. The Kier molecular flexibility index (Phi) is 2.72. The van der Waals surface area contributed by atoms with Crippen molar-refractivity contribution < 1.29 is 0 Å². The van der Waals surface area contributed by atoms with Crippen LogP contribution in [0.5, 0.6) is 0 Å². The van der Waals surface area contributed by atoms with E-state index in [1.54, 1.807) is 0 Å². The molecule has 3 rings (SSSR count). The quantitative estimate of drug-likeness (QED) is 0.761. The Bertz CT molecular complexity index is 346. The zero-order valence-corrected chi connectivity index (χ0v) is 9.84. The predicted molar refractivity (Wildman–Crippen MR) is 64.4 cm³/mol. The van der Waals surface area contributed by atoms with Gasteiger partial charge in [-0.3, -0.25) is 0 Å². The van der Waals surface area contributed by atoms with Gasteiger partial charge in [0.1, 0.15) is 5.82 Å². The molecule has 1 aromatic rings. The van der Waals surface area contributed by atoms with Gasteiger partial charge in [0.15, 0.2) is 0 Å². The second-order valence-corrected chi connectivity index (χ2v) is 5.31. The van der Waals surface area contributed by atoms with Crippen molar-refractivity contribution in [2.45, 2.75) is 63.3 Å². The zero-order chi connectivity index (χ0) is 11.0. The van der Waals surface area contributed by atoms with Crippen LogP contribution in [-0.2, 0) is 12.8 Å². The highest BCUT2D eigenvalue weighted by atomic mass is 15.0. The van der Waals surface area contributed by atoms with E-state index in [4.69, 9.17) is 10.7 Å². The molecule has 16 heavy (non-hydrogen) atoms. The molecule has 0 radical (unpaired) electrons. The molecule has 0 saturated heterocycles. The van der Waals surface area contributed by atoms with Crippen LogP contribution in [0.4, 0.5) is 0 Å². The van der Waals surface area contributed by atoms with Crippen molar-refractivity contribution in [2.75, 3.05) is 0 Å². The molecule has 0 bridgehead atoms. The van der Waals surface area contributed by atoms with Gasteiger partial charge in [-0.05, 0) is 38.5 Å². The summed E-state index contributed by atoms with van der Waals surface area (Å²) in [6.45, 7) is 0. The number of nitrogens with two attached hydrogens (primary N) is 1. The molecule has 1 saturated carbocycles. The Morgan fingerprint density at radius 3 is 2.69 bits per heavy atom. The maximum absolute atomic E-state index is 6.21. The largest absolute Gasteiger partial charge is 0.345 e. The van der Waals surface area contributed by atoms with Crippen LogP contribution in [0.2, 0.25) is 0 Å². The second-order valence-electron chi connectivity index (χ2n) is 5.31. The van der Waals surface area contributed by atoms with Gasteiger partial charge in [0, 0.05) is 17.7 Å². The molecule has 1 aromatic heterocycles. The fraction of sp³-hybridized carbons (Fsp3) is 0.769. The van der Waals surface area contributed by atoms with E-state index in [1.165, 1.54) is 55.7 Å². The lowest BCUT2D eigenvalue weighted by Crippen LogP contribution is -2.32. The lowest BCUT2D eigenvalue weighted by atomic mass is 9.84. The minimum absolute atomic E-state index is 0.321. The fourth-order valence-electron chi connectivity index (χ4n) is 3.15. The summed E-state index contributed by atoms with van der Waals surface area (Å²) < 4.78 is 0. The topological polar surface area (TPSA) is 54.7 Å². The molecule has 3 heteroatoms. The smallest absolute Gasteiger partial charge is 0.111 e. The molecule has 0 spiro atoms. The summed E-state index contributed by atoms with van der Waals surface area (Å²) in [6.07, 6.45) is 9.93. The van der Waals surface area contributed by atoms with E-state index in [0.29, 0.717) is 12.0 Å². The average molecular weight is 219 g/mol. The third-order valence-electron chi connectivity index (χ3n) is 4.14. The summed E-state index contributed by atoms with van der Waals surface area (Å²) in [7, 11) is 0. The van der Waals surface area contributed by atoms with Gasteiger partial charge in [-0.25, -0.2) is 4.98 Å². The van der Waals surface area contributed by atoms with Gasteiger partial charge in [-0.15, -0.1) is 0 Å². The van der Waals surface area contributed by atoms with Crippen LogP contribution in [0.3, 0.4) is 0 Å². The molecule has 3 nitrogen and oxygen atoms in total. The van der Waals surface area contributed by atoms with Gasteiger partial charge < -0.3 is 10.7 Å². The molecule has 0 amide bonds. The van der Waals surface area contributed by atoms with Gasteiger partial charge in [0.25, 0.3) is 0 Å². The molecular weight excluding hydrogens is 198 g/mol. The minimum atomic E-state index is 0.321. The molecule has 88 valence electrons. The Labute approximate surface area is 96.8 Å². The van der Waals surface area contributed by atoms with Crippen LogP contribution in [0, 0.1) is 0 Å². The minimum Gasteiger partial charge on any atom is -0.345 e. The first kappa shape index (κ1) is 10.3. The van der Waals surface area contributed by atoms with Crippen LogP contribution in [0.25, 0.3) is 0 Å². The van der Waals surface area contributed by atoms with E-state index in [-0.39, 0.29) is 0 Å². The van der Waals surface area contributed by atoms with E-state index < -0.39 is 0 Å². The van der Waals surface area contributed by atoms with Gasteiger partial charge >= 0.3 is 0 Å². The molecule has 2 atom stereocenters. The van der Waals surface area contributed by atoms with Gasteiger partial charge in [0.05, 0.1) is 5.69 Å². The SMILES string of the molecule is NC1CCCCC1c1nc2c([nH]1)CCCC2. The van der Waals surface area contributed by atoms with Crippen molar-refractivity contribution in [3.05, 3.63) is 17.2 Å². The van der Waals surface area contributed by atoms with Crippen LogP contribution < -0.4 is 5.73 Å². The Morgan fingerprint density at radius 2 is 1.88 bits per heavy atom. The molecule has 2 aliphatic carbocycles. The summed E-state index contributed by atoms with van der Waals surface area (Å²) >= 11 is 0. The molecule has 0 aromatic carbocycles. The van der Waals surface area contributed by atoms with Crippen molar-refractivity contribution in [1.82, 2.24) is 9.97 Å². The normalized spacial score (nSPS) is 30.1. The van der Waals surface area contributed by atoms with Crippen LogP contribution >= 0.6 is 0 Å². The third-order valence-corrected chi connectivity index (χ3v) is 4.14. The highest BCUT2D eigenvalue weighted by molar-refractivity contribution is 5.20. The third kappa shape index (κ3) is 1.77. The number of nitrogens with zero attached hydrogens (tertiary/aromatic N) is 1. The van der Waals surface area contributed by atoms with Crippen molar-refractivity contribution in [3.8, 4) is 0 Å². The molecule has 2 aliphatic rings. The molecule has 1 fully saturated rings. The maximum Gasteiger partial charge on any atom is 0.111 e. The van der Waals surface area contributed by atoms with Crippen LogP contribution in [0.15, 0.2) is 0 Å². The number of nitrogens with one attached hydrogen (secondary N) is 1. The molecule has 3 N–H and O–H groups in total. The van der Waals surface area contributed by atoms with Gasteiger partial charge in [-0.2, -0.15) is 0 Å². The second kappa shape index (κ2) is 4.21. The highest BCUT2D eigenvalue weighted by Crippen LogP contribution is 2.32. The molecule has 1 heterocycles. The first-order valence-electron chi connectivity index (χ1n) is 6.68. The van der Waals surface area contributed by atoms with Crippen LogP contribution in [0.1, 0.15) is 61.7 Å². The summed E-state index contributed by atoms with van der Waals surface area (Å²) in [6, 6.07) is 0.321. The number of H-pyrrole nitrogens is 1. The highest BCUT2D eigenvalue weighted by Gasteiger charge is 2.27. The van der Waals surface area contributed by atoms with E-state index >= 15 is 0 Å². The number of rotatable bonds is 1. The summed E-state index contributed by atoms with van der Waals surface area (Å²) in [5.74, 6) is 1.67. The number of aromatic amines is 1. The number of hydrogen-bond donors (Lipinski definition) is 2. The van der Waals surface area contributed by atoms with Crippen molar-refractivity contribution in [2.24, 2.45) is 5.73 Å². The summed E-state index contributed by atoms with van der Waals surface area (Å²) in [4.78, 5) is 8.33. The number of aromatic nitrogens is 2. The van der Waals surface area contributed by atoms with Gasteiger partial charge in [-0.1, -0.05) is 12.8 Å². The van der Waals surface area contributed by atoms with Crippen molar-refractivity contribution in [1.29, 1.82) is 0 Å². The Hall–Kier alpha value is -0.830. The Morgan fingerprint density at radius 1 is 1.06 bits per heavy atom. The summed E-state index contributed by atoms with van der Waals surface area (Å²) in [5, 5.41) is 0.